The molecule has 0 aliphatic carbocycles. The average molecular weight is 258 g/mol. The standard InChI is InChI=1S/C16H22N2O/c1-4-18(11-12(2)3)16(19)14-9-13-7-5-6-8-15(13)17-10-14/h5-8,14,17H,2,4,9-11H2,1,3H3. The van der Waals surface area contributed by atoms with E-state index in [1.54, 1.807) is 0 Å². The highest BCUT2D eigenvalue weighted by Crippen LogP contribution is 2.25. The highest BCUT2D eigenvalue weighted by molar-refractivity contribution is 5.81. The Labute approximate surface area is 115 Å². The summed E-state index contributed by atoms with van der Waals surface area (Å²) < 4.78 is 0. The van der Waals surface area contributed by atoms with Crippen LogP contribution in [0.3, 0.4) is 0 Å². The minimum absolute atomic E-state index is 0.0363. The molecule has 0 bridgehead atoms. The van der Waals surface area contributed by atoms with E-state index >= 15 is 0 Å². The second-order valence-electron chi connectivity index (χ2n) is 5.25. The van der Waals surface area contributed by atoms with Gasteiger partial charge in [0.25, 0.3) is 0 Å². The van der Waals surface area contributed by atoms with Crippen molar-refractivity contribution in [1.29, 1.82) is 0 Å². The van der Waals surface area contributed by atoms with Crippen molar-refractivity contribution in [2.75, 3.05) is 25.0 Å². The zero-order valence-electron chi connectivity index (χ0n) is 11.8. The molecule has 0 aromatic heterocycles. The zero-order valence-corrected chi connectivity index (χ0v) is 11.8. The summed E-state index contributed by atoms with van der Waals surface area (Å²) >= 11 is 0. The summed E-state index contributed by atoms with van der Waals surface area (Å²) in [6.07, 6.45) is 0.828. The number of hydrogen-bond donors (Lipinski definition) is 1. The molecule has 0 radical (unpaired) electrons. The molecule has 0 saturated heterocycles. The Bertz CT molecular complexity index is 481. The first-order valence-corrected chi connectivity index (χ1v) is 6.86. The zero-order chi connectivity index (χ0) is 13.8. The highest BCUT2D eigenvalue weighted by atomic mass is 16.2. The Morgan fingerprint density at radius 2 is 2.21 bits per heavy atom. The summed E-state index contributed by atoms with van der Waals surface area (Å²) in [5.74, 6) is 0.265. The number of benzene rings is 1. The van der Waals surface area contributed by atoms with Crippen molar-refractivity contribution in [3.05, 3.63) is 42.0 Å². The van der Waals surface area contributed by atoms with E-state index in [1.807, 2.05) is 30.9 Å². The Kier molecular flexibility index (Phi) is 4.25. The molecule has 1 amide bonds. The van der Waals surface area contributed by atoms with E-state index in [-0.39, 0.29) is 11.8 Å². The van der Waals surface area contributed by atoms with Gasteiger partial charge in [-0.1, -0.05) is 30.4 Å². The number of fused-ring (bicyclic) bond motifs is 1. The number of nitrogens with zero attached hydrogens (tertiary/aromatic N) is 1. The summed E-state index contributed by atoms with van der Waals surface area (Å²) in [7, 11) is 0. The molecule has 1 aromatic carbocycles. The van der Waals surface area contributed by atoms with Crippen LogP contribution < -0.4 is 5.32 Å². The molecule has 1 aliphatic rings. The molecule has 102 valence electrons. The third kappa shape index (κ3) is 3.16. The number of anilines is 1. The maximum Gasteiger partial charge on any atom is 0.228 e. The number of nitrogens with one attached hydrogen (secondary N) is 1. The molecule has 3 nitrogen and oxygen atoms in total. The first kappa shape index (κ1) is 13.7. The first-order valence-electron chi connectivity index (χ1n) is 6.86. The van der Waals surface area contributed by atoms with Gasteiger partial charge < -0.3 is 10.2 Å². The van der Waals surface area contributed by atoms with E-state index in [0.717, 1.165) is 30.8 Å². The number of para-hydroxylation sites is 1. The van der Waals surface area contributed by atoms with Gasteiger partial charge in [-0.3, -0.25) is 4.79 Å². The molecule has 2 rings (SSSR count). The van der Waals surface area contributed by atoms with Gasteiger partial charge in [0.05, 0.1) is 5.92 Å². The molecular formula is C16H22N2O. The quantitative estimate of drug-likeness (QED) is 0.842. The van der Waals surface area contributed by atoms with Gasteiger partial charge >= 0.3 is 0 Å². The Hall–Kier alpha value is -1.77. The third-order valence-electron chi connectivity index (χ3n) is 3.53. The van der Waals surface area contributed by atoms with Crippen LogP contribution in [0.5, 0.6) is 0 Å². The fourth-order valence-corrected chi connectivity index (χ4v) is 2.55. The van der Waals surface area contributed by atoms with Crippen LogP contribution in [0.1, 0.15) is 19.4 Å². The minimum Gasteiger partial charge on any atom is -0.384 e. The molecule has 1 N–H and O–H groups in total. The Morgan fingerprint density at radius 3 is 2.89 bits per heavy atom. The lowest BCUT2D eigenvalue weighted by atomic mass is 9.92. The smallest absolute Gasteiger partial charge is 0.228 e. The van der Waals surface area contributed by atoms with Gasteiger partial charge in [-0.15, -0.1) is 0 Å². The highest BCUT2D eigenvalue weighted by Gasteiger charge is 2.27. The molecule has 3 heteroatoms. The van der Waals surface area contributed by atoms with E-state index in [2.05, 4.69) is 24.0 Å². The number of amides is 1. The van der Waals surface area contributed by atoms with E-state index in [1.165, 1.54) is 5.56 Å². The van der Waals surface area contributed by atoms with E-state index in [4.69, 9.17) is 0 Å². The molecule has 1 heterocycles. The Balaban J connectivity index is 2.07. The second kappa shape index (κ2) is 5.91. The molecular weight excluding hydrogens is 236 g/mol. The molecule has 1 aromatic rings. The molecule has 1 aliphatic heterocycles. The first-order chi connectivity index (χ1) is 9.11. The van der Waals surface area contributed by atoms with Gasteiger partial charge in [-0.05, 0) is 31.9 Å². The summed E-state index contributed by atoms with van der Waals surface area (Å²) in [4.78, 5) is 14.4. The topological polar surface area (TPSA) is 32.3 Å². The van der Waals surface area contributed by atoms with Crippen LogP contribution in [0, 0.1) is 5.92 Å². The van der Waals surface area contributed by atoms with Crippen LogP contribution in [0.15, 0.2) is 36.4 Å². The summed E-state index contributed by atoms with van der Waals surface area (Å²) in [5, 5.41) is 3.36. The van der Waals surface area contributed by atoms with E-state index in [9.17, 15) is 4.79 Å². The minimum atomic E-state index is 0.0363. The van der Waals surface area contributed by atoms with Gasteiger partial charge in [0.15, 0.2) is 0 Å². The van der Waals surface area contributed by atoms with Crippen molar-refractivity contribution in [3.63, 3.8) is 0 Å². The van der Waals surface area contributed by atoms with E-state index in [0.29, 0.717) is 6.54 Å². The normalized spacial score (nSPS) is 17.3. The number of carbonyl (C=O) groups is 1. The van der Waals surface area contributed by atoms with Crippen LogP contribution in [-0.4, -0.2) is 30.4 Å². The van der Waals surface area contributed by atoms with Gasteiger partial charge in [-0.2, -0.15) is 0 Å². The molecule has 1 unspecified atom stereocenters. The molecule has 0 saturated carbocycles. The van der Waals surface area contributed by atoms with Crippen LogP contribution in [0.2, 0.25) is 0 Å². The second-order valence-corrected chi connectivity index (χ2v) is 5.25. The van der Waals surface area contributed by atoms with Crippen molar-refractivity contribution < 1.29 is 4.79 Å². The monoisotopic (exact) mass is 258 g/mol. The summed E-state index contributed by atoms with van der Waals surface area (Å²) in [6, 6.07) is 8.21. The predicted octanol–water partition coefficient (Wildman–Crippen LogP) is 2.70. The summed E-state index contributed by atoms with van der Waals surface area (Å²) in [6.45, 7) is 10.0. The van der Waals surface area contributed by atoms with Gasteiger partial charge in [-0.25, -0.2) is 0 Å². The number of rotatable bonds is 4. The van der Waals surface area contributed by atoms with Crippen molar-refractivity contribution in [3.8, 4) is 0 Å². The predicted molar refractivity (Wildman–Crippen MR) is 79.2 cm³/mol. The number of hydrogen-bond acceptors (Lipinski definition) is 2. The fraction of sp³-hybridized carbons (Fsp3) is 0.438. The van der Waals surface area contributed by atoms with Crippen LogP contribution >= 0.6 is 0 Å². The summed E-state index contributed by atoms with van der Waals surface area (Å²) in [5.41, 5.74) is 3.42. The third-order valence-corrected chi connectivity index (χ3v) is 3.53. The molecule has 1 atom stereocenters. The lowest BCUT2D eigenvalue weighted by molar-refractivity contribution is -0.134. The molecule has 0 spiro atoms. The largest absolute Gasteiger partial charge is 0.384 e. The fourth-order valence-electron chi connectivity index (χ4n) is 2.55. The van der Waals surface area contributed by atoms with Crippen LogP contribution in [-0.2, 0) is 11.2 Å². The van der Waals surface area contributed by atoms with Crippen LogP contribution in [0.4, 0.5) is 5.69 Å². The lowest BCUT2D eigenvalue weighted by Crippen LogP contribution is -2.42. The van der Waals surface area contributed by atoms with Crippen molar-refractivity contribution in [1.82, 2.24) is 4.90 Å². The van der Waals surface area contributed by atoms with Gasteiger partial charge in [0.2, 0.25) is 5.91 Å². The van der Waals surface area contributed by atoms with Gasteiger partial charge in [0, 0.05) is 25.3 Å². The number of likely N-dealkylation sites (N-methyl/N-ethyl adjacent to an activating group) is 1. The van der Waals surface area contributed by atoms with Crippen molar-refractivity contribution in [2.45, 2.75) is 20.3 Å². The number of carbonyl (C=O) groups excluding carboxylic acids is 1. The maximum atomic E-state index is 12.5. The molecule has 0 fully saturated rings. The van der Waals surface area contributed by atoms with Gasteiger partial charge in [0.1, 0.15) is 0 Å². The lowest BCUT2D eigenvalue weighted by Gasteiger charge is -2.30. The van der Waals surface area contributed by atoms with Crippen LogP contribution in [0.25, 0.3) is 0 Å². The van der Waals surface area contributed by atoms with Crippen molar-refractivity contribution >= 4 is 11.6 Å². The maximum absolute atomic E-state index is 12.5. The Morgan fingerprint density at radius 1 is 1.47 bits per heavy atom. The van der Waals surface area contributed by atoms with E-state index < -0.39 is 0 Å². The average Bonchev–Trinajstić information content (AvgIpc) is 2.43. The SMILES string of the molecule is C=C(C)CN(CC)C(=O)C1CNc2ccccc2C1. The van der Waals surface area contributed by atoms with Crippen molar-refractivity contribution in [2.24, 2.45) is 5.92 Å². The molecule has 19 heavy (non-hydrogen) atoms.